The maximum Gasteiger partial charge on any atom is 0.274 e. The Morgan fingerprint density at radius 2 is 2.04 bits per heavy atom. The van der Waals surface area contributed by atoms with E-state index in [1.165, 1.54) is 0 Å². The van der Waals surface area contributed by atoms with Crippen molar-refractivity contribution < 1.29 is 14.1 Å². The minimum atomic E-state index is -0.207. The molecule has 1 aromatic heterocycles. The topological polar surface area (TPSA) is 67.6 Å². The molecule has 1 aliphatic heterocycles. The van der Waals surface area contributed by atoms with Crippen LogP contribution >= 0.6 is 11.6 Å². The minimum absolute atomic E-state index is 0.172. The van der Waals surface area contributed by atoms with Gasteiger partial charge in [-0.1, -0.05) is 16.8 Å². The van der Waals surface area contributed by atoms with E-state index in [1.807, 2.05) is 0 Å². The molecule has 7 heteroatoms. The highest BCUT2D eigenvalue weighted by Crippen LogP contribution is 2.20. The third-order valence-corrected chi connectivity index (χ3v) is 4.70. The van der Waals surface area contributed by atoms with E-state index in [1.54, 1.807) is 31.2 Å². The highest BCUT2D eigenvalue weighted by molar-refractivity contribution is 6.30. The van der Waals surface area contributed by atoms with Gasteiger partial charge >= 0.3 is 0 Å². The van der Waals surface area contributed by atoms with Gasteiger partial charge in [-0.05, 0) is 64.2 Å². The fraction of sp³-hybridized carbons (Fsp3) is 0.444. The van der Waals surface area contributed by atoms with Crippen LogP contribution in [0.4, 0.5) is 0 Å². The first kappa shape index (κ1) is 17.8. The molecule has 3 rings (SSSR count). The maximum absolute atomic E-state index is 12.6. The lowest BCUT2D eigenvalue weighted by Gasteiger charge is -2.29. The lowest BCUT2D eigenvalue weighted by Crippen LogP contribution is -2.43. The number of hydrogen-bond donors (Lipinski definition) is 1. The summed E-state index contributed by atoms with van der Waals surface area (Å²) in [7, 11) is 2.09. The van der Waals surface area contributed by atoms with Gasteiger partial charge in [-0.3, -0.25) is 4.79 Å². The molecule has 1 amide bonds. The Balaban J connectivity index is 1.64. The van der Waals surface area contributed by atoms with Crippen LogP contribution in [0.5, 0.6) is 5.75 Å². The van der Waals surface area contributed by atoms with Gasteiger partial charge in [0.1, 0.15) is 18.1 Å². The Morgan fingerprint density at radius 1 is 1.36 bits per heavy atom. The SMILES string of the molecule is Cc1onc(C(=O)NC2CCN(C)CC2)c1COc1ccc(Cl)cc1. The van der Waals surface area contributed by atoms with Crippen LogP contribution in [0.3, 0.4) is 0 Å². The van der Waals surface area contributed by atoms with Crippen molar-refractivity contribution in [1.29, 1.82) is 0 Å². The van der Waals surface area contributed by atoms with Gasteiger partial charge in [-0.2, -0.15) is 0 Å². The van der Waals surface area contributed by atoms with Crippen LogP contribution in [0.2, 0.25) is 5.02 Å². The number of aryl methyl sites for hydroxylation is 1. The summed E-state index contributed by atoms with van der Waals surface area (Å²) in [5.41, 5.74) is 0.964. The number of likely N-dealkylation sites (tertiary alicyclic amines) is 1. The largest absolute Gasteiger partial charge is 0.489 e. The van der Waals surface area contributed by atoms with E-state index >= 15 is 0 Å². The molecule has 0 spiro atoms. The van der Waals surface area contributed by atoms with Crippen molar-refractivity contribution in [1.82, 2.24) is 15.4 Å². The lowest BCUT2D eigenvalue weighted by molar-refractivity contribution is 0.0905. The Labute approximate surface area is 152 Å². The molecule has 2 aromatic rings. The van der Waals surface area contributed by atoms with Crippen LogP contribution in [0.25, 0.3) is 0 Å². The van der Waals surface area contributed by atoms with E-state index in [0.717, 1.165) is 25.9 Å². The number of benzene rings is 1. The third-order valence-electron chi connectivity index (χ3n) is 4.45. The van der Waals surface area contributed by atoms with Crippen molar-refractivity contribution in [3.63, 3.8) is 0 Å². The van der Waals surface area contributed by atoms with Crippen LogP contribution < -0.4 is 10.1 Å². The number of carbonyl (C=O) groups is 1. The predicted molar refractivity (Wildman–Crippen MR) is 95.0 cm³/mol. The summed E-state index contributed by atoms with van der Waals surface area (Å²) < 4.78 is 10.9. The van der Waals surface area contributed by atoms with Gasteiger partial charge < -0.3 is 19.5 Å². The molecule has 0 saturated carbocycles. The molecule has 0 aliphatic carbocycles. The van der Waals surface area contributed by atoms with E-state index in [0.29, 0.717) is 27.8 Å². The van der Waals surface area contributed by atoms with Gasteiger partial charge in [-0.25, -0.2) is 0 Å². The summed E-state index contributed by atoms with van der Waals surface area (Å²) in [5, 5.41) is 7.62. The molecule has 1 saturated heterocycles. The van der Waals surface area contributed by atoms with E-state index in [-0.39, 0.29) is 18.6 Å². The summed E-state index contributed by atoms with van der Waals surface area (Å²) in [6, 6.07) is 7.24. The number of amides is 1. The number of hydrogen-bond acceptors (Lipinski definition) is 5. The maximum atomic E-state index is 12.6. The van der Waals surface area contributed by atoms with Crippen molar-refractivity contribution >= 4 is 17.5 Å². The number of nitrogens with one attached hydrogen (secondary N) is 1. The molecule has 25 heavy (non-hydrogen) atoms. The van der Waals surface area contributed by atoms with Crippen molar-refractivity contribution in [2.75, 3.05) is 20.1 Å². The average Bonchev–Trinajstić information content (AvgIpc) is 2.97. The average molecular weight is 364 g/mol. The van der Waals surface area contributed by atoms with Gasteiger partial charge in [-0.15, -0.1) is 0 Å². The molecule has 0 bridgehead atoms. The summed E-state index contributed by atoms with van der Waals surface area (Å²) >= 11 is 5.87. The molecule has 2 heterocycles. The van der Waals surface area contributed by atoms with Gasteiger partial charge in [0, 0.05) is 11.1 Å². The Morgan fingerprint density at radius 3 is 2.72 bits per heavy atom. The van der Waals surface area contributed by atoms with Gasteiger partial charge in [0.25, 0.3) is 5.91 Å². The first-order valence-corrected chi connectivity index (χ1v) is 8.73. The normalized spacial score (nSPS) is 16.0. The predicted octanol–water partition coefficient (Wildman–Crippen LogP) is 3.04. The number of ether oxygens (including phenoxy) is 1. The molecule has 1 aromatic carbocycles. The van der Waals surface area contributed by atoms with Crippen LogP contribution in [0.15, 0.2) is 28.8 Å². The van der Waals surface area contributed by atoms with Crippen molar-refractivity contribution in [2.45, 2.75) is 32.4 Å². The van der Waals surface area contributed by atoms with E-state index in [2.05, 4.69) is 22.4 Å². The molecule has 0 radical (unpaired) electrons. The number of rotatable bonds is 5. The van der Waals surface area contributed by atoms with Crippen LogP contribution in [0, 0.1) is 6.92 Å². The summed E-state index contributed by atoms with van der Waals surface area (Å²) in [5.74, 6) is 1.05. The second-order valence-corrected chi connectivity index (χ2v) is 6.80. The van der Waals surface area contributed by atoms with Gasteiger partial charge in [0.2, 0.25) is 0 Å². The van der Waals surface area contributed by atoms with Crippen molar-refractivity contribution in [2.24, 2.45) is 0 Å². The zero-order valence-electron chi connectivity index (χ0n) is 14.4. The van der Waals surface area contributed by atoms with Crippen LogP contribution in [-0.4, -0.2) is 42.1 Å². The van der Waals surface area contributed by atoms with Crippen LogP contribution in [0.1, 0.15) is 34.7 Å². The lowest BCUT2D eigenvalue weighted by atomic mass is 10.1. The van der Waals surface area contributed by atoms with Crippen LogP contribution in [-0.2, 0) is 6.61 Å². The zero-order chi connectivity index (χ0) is 17.8. The molecule has 1 aliphatic rings. The second kappa shape index (κ2) is 7.89. The molecule has 0 atom stereocenters. The molecule has 134 valence electrons. The highest BCUT2D eigenvalue weighted by Gasteiger charge is 2.24. The van der Waals surface area contributed by atoms with E-state index in [4.69, 9.17) is 20.9 Å². The summed E-state index contributed by atoms with van der Waals surface area (Å²) in [4.78, 5) is 14.8. The smallest absolute Gasteiger partial charge is 0.274 e. The third kappa shape index (κ3) is 4.52. The molecular formula is C18H22ClN3O3. The molecule has 1 fully saturated rings. The van der Waals surface area contributed by atoms with E-state index in [9.17, 15) is 4.79 Å². The monoisotopic (exact) mass is 363 g/mol. The zero-order valence-corrected chi connectivity index (χ0v) is 15.2. The standard InChI is InChI=1S/C18H22ClN3O3/c1-12-16(11-24-15-5-3-13(19)4-6-15)17(21-25-12)18(23)20-14-7-9-22(2)10-8-14/h3-6,14H,7-11H2,1-2H3,(H,20,23). The fourth-order valence-corrected chi connectivity index (χ4v) is 2.96. The molecule has 0 unspecified atom stereocenters. The first-order valence-electron chi connectivity index (χ1n) is 8.36. The number of aromatic nitrogens is 1. The van der Waals surface area contributed by atoms with Crippen molar-refractivity contribution in [3.05, 3.63) is 46.3 Å². The number of nitrogens with zero attached hydrogens (tertiary/aromatic N) is 2. The first-order chi connectivity index (χ1) is 12.0. The summed E-state index contributed by atoms with van der Waals surface area (Å²) in [6.07, 6.45) is 1.88. The van der Waals surface area contributed by atoms with Crippen molar-refractivity contribution in [3.8, 4) is 5.75 Å². The second-order valence-electron chi connectivity index (χ2n) is 6.36. The van der Waals surface area contributed by atoms with Gasteiger partial charge in [0.15, 0.2) is 5.69 Å². The Kier molecular flexibility index (Phi) is 5.60. The number of carbonyl (C=O) groups excluding carboxylic acids is 1. The minimum Gasteiger partial charge on any atom is -0.489 e. The molecule has 1 N–H and O–H groups in total. The fourth-order valence-electron chi connectivity index (χ4n) is 2.83. The van der Waals surface area contributed by atoms with Gasteiger partial charge in [0.05, 0.1) is 5.56 Å². The van der Waals surface area contributed by atoms with E-state index < -0.39 is 0 Å². The molecular weight excluding hydrogens is 342 g/mol. The number of piperidine rings is 1. The Hall–Kier alpha value is -2.05. The quantitative estimate of drug-likeness (QED) is 0.884. The Bertz CT molecular complexity index is 722. The summed E-state index contributed by atoms with van der Waals surface area (Å²) in [6.45, 7) is 3.96. The highest BCUT2D eigenvalue weighted by atomic mass is 35.5. The molecule has 6 nitrogen and oxygen atoms in total. The number of halogens is 1.